The Morgan fingerprint density at radius 1 is 0.808 bits per heavy atom. The maximum absolute atomic E-state index is 13.1. The summed E-state index contributed by atoms with van der Waals surface area (Å²) in [7, 11) is 0. The van der Waals surface area contributed by atoms with Crippen LogP contribution in [0.25, 0.3) is 5.70 Å². The Morgan fingerprint density at radius 2 is 1.46 bits per heavy atom. The van der Waals surface area contributed by atoms with E-state index >= 15 is 0 Å². The van der Waals surface area contributed by atoms with Crippen molar-refractivity contribution in [3.05, 3.63) is 154 Å². The molecule has 1 aromatic heterocycles. The highest BCUT2D eigenvalue weighted by Crippen LogP contribution is 2.33. The van der Waals surface area contributed by atoms with Crippen molar-refractivity contribution < 1.29 is 23.0 Å². The molecule has 2 heterocycles. The lowest BCUT2D eigenvalue weighted by Crippen LogP contribution is -2.44. The van der Waals surface area contributed by atoms with Crippen LogP contribution in [0, 0.1) is 11.6 Å². The number of carbonyl (C=O) groups is 1. The first-order valence-corrected chi connectivity index (χ1v) is 16.8. The molecule has 4 aromatic carbocycles. The Balaban J connectivity index is 0.00000302. The van der Waals surface area contributed by atoms with Gasteiger partial charge in [0.15, 0.2) is 0 Å². The van der Waals surface area contributed by atoms with E-state index in [4.69, 9.17) is 21.1 Å². The van der Waals surface area contributed by atoms with Crippen molar-refractivity contribution in [3.8, 4) is 17.4 Å². The number of hydrogen-bond acceptors (Lipinski definition) is 7. The summed E-state index contributed by atoms with van der Waals surface area (Å²) in [5, 5.41) is 3.72. The number of piperazine rings is 1. The van der Waals surface area contributed by atoms with Gasteiger partial charge in [-0.25, -0.2) is 13.8 Å². The minimum Gasteiger partial charge on any atom is -0.487 e. The Labute approximate surface area is 328 Å². The normalized spacial score (nSPS) is 13.1. The van der Waals surface area contributed by atoms with Gasteiger partial charge in [0, 0.05) is 62.8 Å². The number of hydrogen-bond donors (Lipinski definition) is 1. The van der Waals surface area contributed by atoms with Crippen molar-refractivity contribution in [2.24, 2.45) is 0 Å². The van der Waals surface area contributed by atoms with Gasteiger partial charge in [-0.05, 0) is 89.3 Å². The van der Waals surface area contributed by atoms with Crippen LogP contribution in [0.15, 0.2) is 115 Å². The maximum Gasteiger partial charge on any atom is 0.219 e. The first-order chi connectivity index (χ1) is 24.4. The lowest BCUT2D eigenvalue weighted by molar-refractivity contribution is -0.104. The SMILES string of the molecule is Br.Br.O=C/C=C(\c1ccc(Oc2ccc(OCc3ccc(F)cc3)cn2)c(Cl)c1)N1CCN(Cc2ccc(CCNc3ccc(F)cc3)cc2)CC1. The minimum absolute atomic E-state index is 0. The number of carbonyl (C=O) groups excluding carboxylic acids is 1. The van der Waals surface area contributed by atoms with Crippen LogP contribution in [0.5, 0.6) is 17.4 Å². The van der Waals surface area contributed by atoms with Gasteiger partial charge in [0.1, 0.15) is 36.0 Å². The molecule has 0 bridgehead atoms. The molecule has 1 fully saturated rings. The summed E-state index contributed by atoms with van der Waals surface area (Å²) in [6.45, 7) is 5.14. The lowest BCUT2D eigenvalue weighted by Gasteiger charge is -2.37. The van der Waals surface area contributed by atoms with E-state index in [1.165, 1.54) is 35.4 Å². The van der Waals surface area contributed by atoms with Crippen LogP contribution >= 0.6 is 45.6 Å². The summed E-state index contributed by atoms with van der Waals surface area (Å²) in [5.41, 5.74) is 5.88. The molecule has 0 unspecified atom stereocenters. The van der Waals surface area contributed by atoms with Gasteiger partial charge in [-0.1, -0.05) is 48.0 Å². The Hall–Kier alpha value is -4.29. The predicted octanol–water partition coefficient (Wildman–Crippen LogP) is 9.55. The van der Waals surface area contributed by atoms with Crippen molar-refractivity contribution in [3.63, 3.8) is 0 Å². The predicted molar refractivity (Wildman–Crippen MR) is 213 cm³/mol. The van der Waals surface area contributed by atoms with E-state index in [0.717, 1.165) is 74.5 Å². The number of aldehydes is 1. The second kappa shape index (κ2) is 20.1. The number of allylic oxidation sites excluding steroid dienone is 1. The molecule has 272 valence electrons. The average molecular weight is 857 g/mol. The number of benzene rings is 4. The molecule has 12 heteroatoms. The fourth-order valence-electron chi connectivity index (χ4n) is 5.70. The molecule has 0 saturated carbocycles. The summed E-state index contributed by atoms with van der Waals surface area (Å²) >= 11 is 6.65. The van der Waals surface area contributed by atoms with E-state index in [0.29, 0.717) is 22.4 Å². The van der Waals surface area contributed by atoms with Crippen molar-refractivity contribution in [1.29, 1.82) is 0 Å². The Bertz CT molecular complexity index is 1890. The third-order valence-electron chi connectivity index (χ3n) is 8.43. The number of nitrogens with zero attached hydrogens (tertiary/aromatic N) is 3. The smallest absolute Gasteiger partial charge is 0.219 e. The Kier molecular flexibility index (Phi) is 15.6. The average Bonchev–Trinajstić information content (AvgIpc) is 3.14. The zero-order chi connectivity index (χ0) is 34.7. The molecule has 1 aliphatic heterocycles. The van der Waals surface area contributed by atoms with E-state index in [9.17, 15) is 13.6 Å². The molecule has 1 N–H and O–H groups in total. The number of ether oxygens (including phenoxy) is 2. The number of rotatable bonds is 14. The summed E-state index contributed by atoms with van der Waals surface area (Å²) in [5.74, 6) is 0.807. The van der Waals surface area contributed by atoms with E-state index in [2.05, 4.69) is 44.4 Å². The summed E-state index contributed by atoms with van der Waals surface area (Å²) in [6, 6.07) is 30.1. The van der Waals surface area contributed by atoms with E-state index in [1.54, 1.807) is 60.8 Å². The molecule has 0 atom stereocenters. The quantitative estimate of drug-likeness (QED) is 0.0882. The van der Waals surface area contributed by atoms with Gasteiger partial charge in [0.05, 0.1) is 11.2 Å². The second-order valence-electron chi connectivity index (χ2n) is 11.9. The van der Waals surface area contributed by atoms with E-state index < -0.39 is 0 Å². The van der Waals surface area contributed by atoms with Crippen molar-refractivity contribution >= 4 is 63.2 Å². The summed E-state index contributed by atoms with van der Waals surface area (Å²) < 4.78 is 37.9. The standard InChI is InChI=1S/C40H37ClF2N4O3.2BrH/c41-37-25-32(7-15-39(37)50-40-16-14-36(26-45-40)49-28-31-5-8-33(42)9-6-31)38(18-24-48)47-22-20-46(21-23-47)27-30-3-1-29(2-4-30)17-19-44-35-12-10-34(43)11-13-35;;/h1-16,18,24-26,44H,17,19-23,27-28H2;2*1H/b38-18+;;. The maximum atomic E-state index is 13.1. The molecule has 0 radical (unpaired) electrons. The topological polar surface area (TPSA) is 66.9 Å². The molecule has 1 saturated heterocycles. The zero-order valence-corrected chi connectivity index (χ0v) is 32.4. The molecule has 0 amide bonds. The van der Waals surface area contributed by atoms with Gasteiger partial charge in [0.2, 0.25) is 5.88 Å². The van der Waals surface area contributed by atoms with Crippen LogP contribution < -0.4 is 14.8 Å². The van der Waals surface area contributed by atoms with Crippen LogP contribution in [0.1, 0.15) is 22.3 Å². The van der Waals surface area contributed by atoms with Crippen molar-refractivity contribution in [2.45, 2.75) is 19.6 Å². The number of pyridine rings is 1. The number of nitrogens with one attached hydrogen (secondary N) is 1. The first kappa shape index (κ1) is 40.5. The van der Waals surface area contributed by atoms with Crippen LogP contribution in [-0.2, 0) is 24.4 Å². The van der Waals surface area contributed by atoms with E-state index in [-0.39, 0.29) is 52.2 Å². The molecule has 6 rings (SSSR count). The van der Waals surface area contributed by atoms with Crippen LogP contribution in [-0.4, -0.2) is 53.8 Å². The third-order valence-corrected chi connectivity index (χ3v) is 8.72. The van der Waals surface area contributed by atoms with Crippen molar-refractivity contribution in [2.75, 3.05) is 38.0 Å². The second-order valence-corrected chi connectivity index (χ2v) is 12.4. The molecule has 1 aliphatic rings. The first-order valence-electron chi connectivity index (χ1n) is 16.4. The number of aromatic nitrogens is 1. The molecule has 5 aromatic rings. The lowest BCUT2D eigenvalue weighted by atomic mass is 10.1. The largest absolute Gasteiger partial charge is 0.487 e. The fourth-order valence-corrected chi connectivity index (χ4v) is 5.92. The van der Waals surface area contributed by atoms with Gasteiger partial charge in [-0.3, -0.25) is 9.69 Å². The number of halogens is 5. The monoisotopic (exact) mass is 854 g/mol. The summed E-state index contributed by atoms with van der Waals surface area (Å²) in [4.78, 5) is 20.6. The molecule has 7 nitrogen and oxygen atoms in total. The molecular formula is C40H39Br2ClF2N4O3. The highest BCUT2D eigenvalue weighted by Gasteiger charge is 2.21. The van der Waals surface area contributed by atoms with Gasteiger partial charge in [-0.15, -0.1) is 34.0 Å². The highest BCUT2D eigenvalue weighted by molar-refractivity contribution is 8.93. The minimum atomic E-state index is -0.293. The van der Waals surface area contributed by atoms with Crippen LogP contribution in [0.3, 0.4) is 0 Å². The fraction of sp³-hybridized carbons (Fsp3) is 0.200. The third kappa shape index (κ3) is 11.6. The van der Waals surface area contributed by atoms with Gasteiger partial charge in [0.25, 0.3) is 0 Å². The van der Waals surface area contributed by atoms with Crippen LogP contribution in [0.2, 0.25) is 5.02 Å². The molecule has 0 aliphatic carbocycles. The van der Waals surface area contributed by atoms with Crippen LogP contribution in [0.4, 0.5) is 14.5 Å². The van der Waals surface area contributed by atoms with Gasteiger partial charge in [-0.2, -0.15) is 0 Å². The van der Waals surface area contributed by atoms with Crippen molar-refractivity contribution in [1.82, 2.24) is 14.8 Å². The highest BCUT2D eigenvalue weighted by atomic mass is 79.9. The molecular weight excluding hydrogens is 818 g/mol. The van der Waals surface area contributed by atoms with E-state index in [1.807, 2.05) is 6.07 Å². The van der Waals surface area contributed by atoms with Gasteiger partial charge < -0.3 is 19.7 Å². The number of anilines is 1. The molecule has 0 spiro atoms. The molecule has 52 heavy (non-hydrogen) atoms. The Morgan fingerprint density at radius 3 is 2.10 bits per heavy atom. The van der Waals surface area contributed by atoms with Gasteiger partial charge >= 0.3 is 0 Å². The summed E-state index contributed by atoms with van der Waals surface area (Å²) in [6.07, 6.45) is 4.82. The zero-order valence-electron chi connectivity index (χ0n) is 28.2.